The van der Waals surface area contributed by atoms with Crippen molar-refractivity contribution in [3.63, 3.8) is 0 Å². The van der Waals surface area contributed by atoms with Gasteiger partial charge in [-0.05, 0) is 5.39 Å². The minimum absolute atomic E-state index is 0.150. The summed E-state index contributed by atoms with van der Waals surface area (Å²) in [6, 6.07) is 7.31. The molecule has 0 aliphatic heterocycles. The minimum Gasteiger partial charge on any atom is -0.469 e. The van der Waals surface area contributed by atoms with Crippen LogP contribution in [0.15, 0.2) is 30.5 Å². The Labute approximate surface area is 127 Å². The van der Waals surface area contributed by atoms with E-state index < -0.39 is 0 Å². The molecule has 2 aromatic rings. The fourth-order valence-corrected chi connectivity index (χ4v) is 2.21. The molecular formula is C15H15ClN2O3. The van der Waals surface area contributed by atoms with E-state index in [0.29, 0.717) is 10.7 Å². The molecule has 0 spiro atoms. The van der Waals surface area contributed by atoms with Crippen molar-refractivity contribution in [1.29, 1.82) is 0 Å². The SMILES string of the molecule is COC(=O)CCN(C)C(=O)c1cnc(Cl)c2ccccc12. The summed E-state index contributed by atoms with van der Waals surface area (Å²) in [5.74, 6) is -0.562. The number of halogens is 1. The maximum Gasteiger partial charge on any atom is 0.307 e. The van der Waals surface area contributed by atoms with Crippen LogP contribution < -0.4 is 0 Å². The Balaban J connectivity index is 2.27. The first kappa shape index (κ1) is 15.3. The van der Waals surface area contributed by atoms with Crippen LogP contribution in [0.3, 0.4) is 0 Å². The number of hydrogen-bond donors (Lipinski definition) is 0. The number of benzene rings is 1. The normalized spacial score (nSPS) is 10.4. The summed E-state index contributed by atoms with van der Waals surface area (Å²) in [4.78, 5) is 29.1. The van der Waals surface area contributed by atoms with Gasteiger partial charge in [-0.25, -0.2) is 4.98 Å². The van der Waals surface area contributed by atoms with Crippen molar-refractivity contribution < 1.29 is 14.3 Å². The number of methoxy groups -OCH3 is 1. The minimum atomic E-state index is -0.353. The molecule has 21 heavy (non-hydrogen) atoms. The van der Waals surface area contributed by atoms with Crippen molar-refractivity contribution >= 4 is 34.2 Å². The molecular weight excluding hydrogens is 292 g/mol. The van der Waals surface area contributed by atoms with Gasteiger partial charge in [-0.15, -0.1) is 0 Å². The second kappa shape index (κ2) is 6.54. The zero-order valence-corrected chi connectivity index (χ0v) is 12.6. The number of esters is 1. The first-order valence-corrected chi connectivity index (χ1v) is 6.78. The second-order valence-corrected chi connectivity index (χ2v) is 4.92. The van der Waals surface area contributed by atoms with E-state index >= 15 is 0 Å². The highest BCUT2D eigenvalue weighted by Crippen LogP contribution is 2.24. The molecule has 1 aromatic heterocycles. The predicted octanol–water partition coefficient (Wildman–Crippen LogP) is 2.52. The lowest BCUT2D eigenvalue weighted by molar-refractivity contribution is -0.140. The number of carbonyl (C=O) groups is 2. The smallest absolute Gasteiger partial charge is 0.307 e. The van der Waals surface area contributed by atoms with Crippen LogP contribution in [0.1, 0.15) is 16.8 Å². The molecule has 0 saturated heterocycles. The highest BCUT2D eigenvalue weighted by Gasteiger charge is 2.17. The standard InChI is InChI=1S/C15H15ClN2O3/c1-18(8-7-13(19)21-2)15(20)12-9-17-14(16)11-6-4-3-5-10(11)12/h3-6,9H,7-8H2,1-2H3. The number of rotatable bonds is 4. The molecule has 0 radical (unpaired) electrons. The Bertz CT molecular complexity index is 688. The number of carbonyl (C=O) groups excluding carboxylic acids is 2. The summed E-state index contributed by atoms with van der Waals surface area (Å²) >= 11 is 6.04. The largest absolute Gasteiger partial charge is 0.469 e. The van der Waals surface area contributed by atoms with Gasteiger partial charge in [-0.3, -0.25) is 9.59 Å². The molecule has 0 saturated carbocycles. The molecule has 0 fully saturated rings. The maximum absolute atomic E-state index is 12.5. The summed E-state index contributed by atoms with van der Waals surface area (Å²) in [5, 5.41) is 1.83. The zero-order chi connectivity index (χ0) is 15.4. The van der Waals surface area contributed by atoms with Gasteiger partial charge in [-0.2, -0.15) is 0 Å². The summed E-state index contributed by atoms with van der Waals surface area (Å²) in [6.45, 7) is 0.280. The Morgan fingerprint density at radius 3 is 2.62 bits per heavy atom. The fraction of sp³-hybridized carbons (Fsp3) is 0.267. The van der Waals surface area contributed by atoms with E-state index in [4.69, 9.17) is 11.6 Å². The number of fused-ring (bicyclic) bond motifs is 1. The van der Waals surface area contributed by atoms with Crippen LogP contribution >= 0.6 is 11.6 Å². The van der Waals surface area contributed by atoms with Gasteiger partial charge in [0.15, 0.2) is 0 Å². The van der Waals surface area contributed by atoms with E-state index in [0.717, 1.165) is 10.8 Å². The van der Waals surface area contributed by atoms with Crippen molar-refractivity contribution in [2.45, 2.75) is 6.42 Å². The third-order valence-corrected chi connectivity index (χ3v) is 3.50. The first-order chi connectivity index (χ1) is 10.0. The number of aromatic nitrogens is 1. The molecule has 0 bridgehead atoms. The molecule has 110 valence electrons. The lowest BCUT2D eigenvalue weighted by Gasteiger charge is -2.17. The van der Waals surface area contributed by atoms with Gasteiger partial charge in [-0.1, -0.05) is 35.9 Å². The summed E-state index contributed by atoms with van der Waals surface area (Å²) in [7, 11) is 2.95. The molecule has 6 heteroatoms. The number of nitrogens with zero attached hydrogens (tertiary/aromatic N) is 2. The van der Waals surface area contributed by atoms with Gasteiger partial charge in [0.05, 0.1) is 19.1 Å². The van der Waals surface area contributed by atoms with Crippen LogP contribution in [-0.2, 0) is 9.53 Å². The van der Waals surface area contributed by atoms with Crippen LogP contribution in [0, 0.1) is 0 Å². The number of pyridine rings is 1. The van der Waals surface area contributed by atoms with E-state index in [-0.39, 0.29) is 24.8 Å². The van der Waals surface area contributed by atoms with E-state index in [1.807, 2.05) is 24.3 Å². The van der Waals surface area contributed by atoms with Gasteiger partial charge >= 0.3 is 5.97 Å². The first-order valence-electron chi connectivity index (χ1n) is 6.40. The van der Waals surface area contributed by atoms with Crippen LogP contribution in [0.25, 0.3) is 10.8 Å². The van der Waals surface area contributed by atoms with E-state index in [9.17, 15) is 9.59 Å². The van der Waals surface area contributed by atoms with Gasteiger partial charge in [0.25, 0.3) is 5.91 Å². The number of hydrogen-bond acceptors (Lipinski definition) is 4. The fourth-order valence-electron chi connectivity index (χ4n) is 2.00. The molecule has 0 aliphatic rings. The summed E-state index contributed by atoms with van der Waals surface area (Å²) in [5.41, 5.74) is 0.461. The predicted molar refractivity (Wildman–Crippen MR) is 80.3 cm³/mol. The monoisotopic (exact) mass is 306 g/mol. The molecule has 0 aliphatic carbocycles. The quantitative estimate of drug-likeness (QED) is 0.643. The topological polar surface area (TPSA) is 59.5 Å². The third-order valence-electron chi connectivity index (χ3n) is 3.20. The van der Waals surface area contributed by atoms with Crippen LogP contribution in [0.2, 0.25) is 5.15 Å². The van der Waals surface area contributed by atoms with E-state index in [1.165, 1.54) is 18.2 Å². The molecule has 0 unspecified atom stereocenters. The third kappa shape index (κ3) is 3.31. The van der Waals surface area contributed by atoms with Crippen LogP contribution in [0.4, 0.5) is 0 Å². The average molecular weight is 307 g/mol. The van der Waals surface area contributed by atoms with Gasteiger partial charge in [0, 0.05) is 25.2 Å². The van der Waals surface area contributed by atoms with Crippen molar-refractivity contribution in [3.05, 3.63) is 41.2 Å². The molecule has 1 amide bonds. The summed E-state index contributed by atoms with van der Waals surface area (Å²) < 4.78 is 4.57. The molecule has 0 N–H and O–H groups in total. The number of ether oxygens (including phenoxy) is 1. The lowest BCUT2D eigenvalue weighted by atomic mass is 10.1. The molecule has 1 heterocycles. The lowest BCUT2D eigenvalue weighted by Crippen LogP contribution is -2.29. The average Bonchev–Trinajstić information content (AvgIpc) is 2.52. The van der Waals surface area contributed by atoms with Crippen molar-refractivity contribution in [2.75, 3.05) is 20.7 Å². The molecule has 0 atom stereocenters. The van der Waals surface area contributed by atoms with Gasteiger partial charge in [0.2, 0.25) is 0 Å². The Kier molecular flexibility index (Phi) is 4.75. The Hall–Kier alpha value is -2.14. The second-order valence-electron chi connectivity index (χ2n) is 4.56. The van der Waals surface area contributed by atoms with Crippen molar-refractivity contribution in [2.24, 2.45) is 0 Å². The van der Waals surface area contributed by atoms with Crippen molar-refractivity contribution in [3.8, 4) is 0 Å². The Morgan fingerprint density at radius 1 is 1.29 bits per heavy atom. The van der Waals surface area contributed by atoms with E-state index in [1.54, 1.807) is 7.05 Å². The van der Waals surface area contributed by atoms with Crippen LogP contribution in [-0.4, -0.2) is 42.5 Å². The number of amides is 1. The highest BCUT2D eigenvalue weighted by atomic mass is 35.5. The summed E-state index contributed by atoms with van der Waals surface area (Å²) in [6.07, 6.45) is 1.61. The maximum atomic E-state index is 12.5. The van der Waals surface area contributed by atoms with Gasteiger partial charge < -0.3 is 9.64 Å². The van der Waals surface area contributed by atoms with Crippen molar-refractivity contribution in [1.82, 2.24) is 9.88 Å². The molecule has 1 aromatic carbocycles. The van der Waals surface area contributed by atoms with Gasteiger partial charge in [0.1, 0.15) is 5.15 Å². The zero-order valence-electron chi connectivity index (χ0n) is 11.8. The van der Waals surface area contributed by atoms with E-state index in [2.05, 4.69) is 9.72 Å². The Morgan fingerprint density at radius 2 is 1.95 bits per heavy atom. The molecule has 5 nitrogen and oxygen atoms in total. The highest BCUT2D eigenvalue weighted by molar-refractivity contribution is 6.34. The molecule has 2 rings (SSSR count). The van der Waals surface area contributed by atoms with Crippen LogP contribution in [0.5, 0.6) is 0 Å².